The molecule has 0 aromatic heterocycles. The Balaban J connectivity index is -0.0000353. The molecule has 0 aromatic carbocycles. The zero-order chi connectivity index (χ0) is 62.8. The van der Waals surface area contributed by atoms with Gasteiger partial charge in [-0.2, -0.15) is 0 Å². The average molecular weight is 1290 g/mol. The Kier molecular flexibility index (Phi) is 69.4. The maximum absolute atomic E-state index is 15.5. The van der Waals surface area contributed by atoms with Gasteiger partial charge >= 0.3 is 79.1 Å². The molecule has 4 unspecified atom stereocenters. The summed E-state index contributed by atoms with van der Waals surface area (Å²) in [6.07, 6.45) is 50.9. The summed E-state index contributed by atoms with van der Waals surface area (Å²) in [5.74, 6) is -0.696. The van der Waals surface area contributed by atoms with Crippen molar-refractivity contribution in [1.29, 1.82) is 0 Å². The van der Waals surface area contributed by atoms with E-state index in [0.29, 0.717) is 25.7 Å². The molecule has 0 bridgehead atoms. The monoisotopic (exact) mass is 1290 g/mol. The van der Waals surface area contributed by atoms with Crippen molar-refractivity contribution in [2.45, 2.75) is 418 Å². The molecule has 0 aliphatic rings. The van der Waals surface area contributed by atoms with Crippen molar-refractivity contribution >= 4 is 96.5 Å². The number of carbonyl (C=O) groups excluding carboxylic acids is 4. The van der Waals surface area contributed by atoms with E-state index >= 15 is 9.13 Å². The van der Waals surface area contributed by atoms with E-state index in [1.807, 2.05) is 0 Å². The van der Waals surface area contributed by atoms with Crippen LogP contribution in [0.15, 0.2) is 0 Å². The van der Waals surface area contributed by atoms with Crippen LogP contribution in [-0.2, 0) is 37.4 Å². The molecule has 0 saturated carbocycles. The number of aliphatic hydroxyl groups excluding tert-OH is 2. The number of rotatable bonds is 70. The first kappa shape index (κ1) is 92.1. The molecule has 0 aromatic rings. The molecule has 0 aliphatic heterocycles. The van der Waals surface area contributed by atoms with Gasteiger partial charge in [0.25, 0.3) is 0 Å². The molecular weight excluding hydrogens is 1150 g/mol. The number of ketones is 2. The van der Waals surface area contributed by atoms with E-state index in [1.165, 1.54) is 193 Å². The van der Waals surface area contributed by atoms with E-state index < -0.39 is 82.2 Å². The molecule has 0 radical (unpaired) electrons. The van der Waals surface area contributed by atoms with Gasteiger partial charge in [0.2, 0.25) is 11.0 Å². The Hall–Kier alpha value is 0.900. The van der Waals surface area contributed by atoms with E-state index in [2.05, 4.69) is 27.7 Å². The molecule has 0 aliphatic carbocycles. The van der Waals surface area contributed by atoms with Crippen LogP contribution >= 0.6 is 14.7 Å². The number of Topliss-reactive ketones (excluding diaryl/α,β-unsaturated/α-hetero) is 2. The summed E-state index contributed by atoms with van der Waals surface area (Å²) >= 11 is 0. The van der Waals surface area contributed by atoms with Crippen molar-refractivity contribution in [1.82, 2.24) is 0 Å². The first-order chi connectivity index (χ1) is 41.2. The van der Waals surface area contributed by atoms with Gasteiger partial charge in [-0.15, -0.1) is 0 Å². The predicted octanol–water partition coefficient (Wildman–Crippen LogP) is 20.5. The van der Waals surface area contributed by atoms with Gasteiger partial charge in [0.1, 0.15) is 11.6 Å². The average Bonchev–Trinajstić information content (AvgIpc) is 0.928. The quantitative estimate of drug-likeness (QED) is 0.0195. The molecule has 0 rings (SSSR count). The van der Waals surface area contributed by atoms with E-state index in [1.54, 1.807) is 0 Å². The molecule has 0 saturated heterocycles. The minimum absolute atomic E-state index is 0. The van der Waals surface area contributed by atoms with Gasteiger partial charge in [0.05, 0.1) is 25.4 Å². The first-order valence-electron chi connectivity index (χ1n) is 36.6. The minimum atomic E-state index is -5.79. The maximum atomic E-state index is 15.5. The van der Waals surface area contributed by atoms with Gasteiger partial charge in [-0.1, -0.05) is 336 Å². The van der Waals surface area contributed by atoms with Crippen LogP contribution < -0.4 is 0 Å². The standard InChI is InChI=1S/C71H138O12P2.2Na.2H/c1-5-9-13-17-21-25-29-33-37-41-45-49-53-57-65(74)61-67(63-72)82-84(80,69(76)59-55-51-47-43-39-35-31-27-23-19-15-11-7-3)71(78,79)85(81,70(77)60-56-52-48-44-40-36-32-28-24-20-16-12-8-4)83-68(64-73)62-66(75)58-54-50-46-42-38-34-30-26-22-18-14-10-6-2;;;;/h67-68,72-73,78-79H,5-64H2,1-4H3;;;;. The fourth-order valence-corrected chi connectivity index (χ4v) is 17.3. The van der Waals surface area contributed by atoms with Crippen LogP contribution in [0.4, 0.5) is 0 Å². The second kappa shape index (κ2) is 65.6. The predicted molar refractivity (Wildman–Crippen MR) is 371 cm³/mol. The van der Waals surface area contributed by atoms with Gasteiger partial charge in [-0.3, -0.25) is 28.3 Å². The van der Waals surface area contributed by atoms with E-state index in [0.717, 1.165) is 103 Å². The van der Waals surface area contributed by atoms with E-state index in [-0.39, 0.29) is 96.4 Å². The molecule has 4 atom stereocenters. The fourth-order valence-electron chi connectivity index (χ4n) is 11.7. The summed E-state index contributed by atoms with van der Waals surface area (Å²) in [7, 11) is -11.6. The van der Waals surface area contributed by atoms with Gasteiger partial charge < -0.3 is 29.5 Å². The molecule has 0 amide bonds. The third-order valence-corrected chi connectivity index (χ3v) is 23.6. The summed E-state index contributed by atoms with van der Waals surface area (Å²) in [4.78, 5) is 55.9. The molecule has 508 valence electrons. The molecule has 0 fully saturated rings. The molecular formula is C71H140Na2O12P2. The number of carbonyl (C=O) groups is 4. The number of aliphatic hydroxyl groups is 4. The van der Waals surface area contributed by atoms with Gasteiger partial charge in [0, 0.05) is 38.5 Å². The van der Waals surface area contributed by atoms with Crippen molar-refractivity contribution < 1.29 is 57.8 Å². The molecule has 87 heavy (non-hydrogen) atoms. The molecule has 4 N–H and O–H groups in total. The van der Waals surface area contributed by atoms with Crippen LogP contribution in [-0.4, -0.2) is 133 Å². The van der Waals surface area contributed by atoms with Crippen LogP contribution in [0.3, 0.4) is 0 Å². The van der Waals surface area contributed by atoms with Crippen molar-refractivity contribution in [3.05, 3.63) is 0 Å². The van der Waals surface area contributed by atoms with Crippen LogP contribution in [0.5, 0.6) is 0 Å². The van der Waals surface area contributed by atoms with Crippen LogP contribution in [0.1, 0.15) is 400 Å². The molecule has 0 spiro atoms. The summed E-state index contributed by atoms with van der Waals surface area (Å²) in [6.45, 7) is 7.03. The second-order valence-electron chi connectivity index (χ2n) is 25.8. The van der Waals surface area contributed by atoms with E-state index in [4.69, 9.17) is 9.05 Å². The van der Waals surface area contributed by atoms with Gasteiger partial charge in [0.15, 0.2) is 0 Å². The van der Waals surface area contributed by atoms with E-state index in [9.17, 15) is 39.6 Å². The van der Waals surface area contributed by atoms with Crippen LogP contribution in [0, 0.1) is 0 Å². The first-order valence-corrected chi connectivity index (χ1v) is 39.8. The Morgan fingerprint density at radius 3 is 0.632 bits per heavy atom. The zero-order valence-electron chi connectivity index (χ0n) is 56.0. The normalized spacial score (nSPS) is 13.8. The number of unbranched alkanes of at least 4 members (excludes halogenated alkanes) is 48. The topological polar surface area (TPSA) is 202 Å². The summed E-state index contributed by atoms with van der Waals surface area (Å²) in [5, 5.41) is 41.7. The van der Waals surface area contributed by atoms with Gasteiger partial charge in [-0.05, 0) is 25.7 Å². The Bertz CT molecular complexity index is 1550. The Morgan fingerprint density at radius 1 is 0.299 bits per heavy atom. The molecule has 12 nitrogen and oxygen atoms in total. The van der Waals surface area contributed by atoms with Gasteiger partial charge in [-0.25, -0.2) is 0 Å². The van der Waals surface area contributed by atoms with Crippen molar-refractivity contribution in [2.24, 2.45) is 0 Å². The van der Waals surface area contributed by atoms with Crippen molar-refractivity contribution in [3.8, 4) is 0 Å². The van der Waals surface area contributed by atoms with Crippen molar-refractivity contribution in [3.63, 3.8) is 0 Å². The zero-order valence-corrected chi connectivity index (χ0v) is 57.8. The van der Waals surface area contributed by atoms with Crippen molar-refractivity contribution in [2.75, 3.05) is 13.2 Å². The molecule has 16 heteroatoms. The Labute approximate surface area is 580 Å². The molecule has 0 heterocycles. The summed E-state index contributed by atoms with van der Waals surface area (Å²) < 4.78 is 42.6. The Morgan fingerprint density at radius 2 is 0.460 bits per heavy atom. The van der Waals surface area contributed by atoms with Crippen LogP contribution in [0.2, 0.25) is 0 Å². The summed E-state index contributed by atoms with van der Waals surface area (Å²) in [6, 6.07) is 0. The number of hydrogen-bond donors (Lipinski definition) is 4. The SMILES string of the molecule is CCCCCCCCCCCCCCCC(=O)CC(CO)OP(=O)(C(=O)CCCCCCCCCCCCCCC)C(O)(O)P(=O)(OC(CO)CC(=O)CCCCCCCCCCCCCCC)C(=O)CCCCCCCCCCCCCCC.[NaH].[NaH]. The second-order valence-corrected chi connectivity index (χ2v) is 31.0. The third kappa shape index (κ3) is 49.1. The van der Waals surface area contributed by atoms with Crippen LogP contribution in [0.25, 0.3) is 0 Å². The fraction of sp³-hybridized carbons (Fsp3) is 0.944. The number of hydrogen-bond acceptors (Lipinski definition) is 12. The third-order valence-electron chi connectivity index (χ3n) is 17.5. The summed E-state index contributed by atoms with van der Waals surface area (Å²) in [5.41, 5.74) is -2.58.